The summed E-state index contributed by atoms with van der Waals surface area (Å²) in [5.74, 6) is 0.475. The molecule has 0 aromatic heterocycles. The largest absolute Gasteiger partial charge is 0.479 e. The lowest BCUT2D eigenvalue weighted by molar-refractivity contribution is -0.125. The molecular formula is C23H27N3O4. The zero-order valence-electron chi connectivity index (χ0n) is 17.2. The van der Waals surface area contributed by atoms with Gasteiger partial charge in [0.2, 0.25) is 5.91 Å². The van der Waals surface area contributed by atoms with E-state index in [1.165, 1.54) is 0 Å². The molecule has 4 rings (SSSR count). The Labute approximate surface area is 176 Å². The molecule has 158 valence electrons. The third kappa shape index (κ3) is 4.80. The Balaban J connectivity index is 1.44. The maximum absolute atomic E-state index is 12.7. The molecule has 7 heteroatoms. The van der Waals surface area contributed by atoms with E-state index in [1.807, 2.05) is 42.5 Å². The van der Waals surface area contributed by atoms with Crippen LogP contribution < -0.4 is 15.0 Å². The molecule has 0 bridgehead atoms. The Kier molecular flexibility index (Phi) is 6.30. The van der Waals surface area contributed by atoms with Crippen LogP contribution in [0.1, 0.15) is 12.5 Å². The summed E-state index contributed by atoms with van der Waals surface area (Å²) in [4.78, 5) is 29.2. The Morgan fingerprint density at radius 2 is 1.87 bits per heavy atom. The van der Waals surface area contributed by atoms with Crippen LogP contribution in [0.3, 0.4) is 0 Å². The van der Waals surface area contributed by atoms with Crippen molar-refractivity contribution in [1.29, 1.82) is 0 Å². The van der Waals surface area contributed by atoms with Crippen LogP contribution in [-0.4, -0.2) is 62.2 Å². The smallest absolute Gasteiger partial charge is 0.267 e. The van der Waals surface area contributed by atoms with Gasteiger partial charge < -0.3 is 19.7 Å². The lowest BCUT2D eigenvalue weighted by Gasteiger charge is -2.35. The number of carbonyl (C=O) groups is 2. The van der Waals surface area contributed by atoms with Gasteiger partial charge >= 0.3 is 0 Å². The zero-order chi connectivity index (χ0) is 20.9. The molecule has 2 aromatic carbocycles. The van der Waals surface area contributed by atoms with Crippen molar-refractivity contribution in [3.05, 3.63) is 54.1 Å². The Morgan fingerprint density at radius 3 is 2.63 bits per heavy atom. The number of amides is 2. The third-order valence-corrected chi connectivity index (χ3v) is 5.40. The first-order valence-electron chi connectivity index (χ1n) is 10.4. The van der Waals surface area contributed by atoms with Gasteiger partial charge in [-0.2, -0.15) is 0 Å². The molecule has 2 aliphatic rings. The van der Waals surface area contributed by atoms with E-state index in [0.29, 0.717) is 24.4 Å². The topological polar surface area (TPSA) is 71.1 Å². The van der Waals surface area contributed by atoms with Crippen LogP contribution in [0.5, 0.6) is 5.75 Å². The quantitative estimate of drug-likeness (QED) is 0.793. The summed E-state index contributed by atoms with van der Waals surface area (Å²) in [6.07, 6.45) is -0.253. The van der Waals surface area contributed by atoms with Crippen molar-refractivity contribution in [3.8, 4) is 5.75 Å². The minimum Gasteiger partial charge on any atom is -0.479 e. The molecule has 1 atom stereocenters. The summed E-state index contributed by atoms with van der Waals surface area (Å²) in [6, 6.07) is 15.1. The van der Waals surface area contributed by atoms with Crippen molar-refractivity contribution in [2.24, 2.45) is 0 Å². The van der Waals surface area contributed by atoms with Crippen LogP contribution in [0, 0.1) is 0 Å². The summed E-state index contributed by atoms with van der Waals surface area (Å²) in [7, 11) is 0. The van der Waals surface area contributed by atoms with E-state index in [4.69, 9.17) is 9.47 Å². The lowest BCUT2D eigenvalue weighted by Crippen LogP contribution is -2.48. The van der Waals surface area contributed by atoms with Crippen molar-refractivity contribution >= 4 is 23.2 Å². The fourth-order valence-corrected chi connectivity index (χ4v) is 3.77. The van der Waals surface area contributed by atoms with Crippen LogP contribution in [0.4, 0.5) is 11.4 Å². The van der Waals surface area contributed by atoms with Gasteiger partial charge in [0.25, 0.3) is 5.91 Å². The maximum atomic E-state index is 12.7. The first-order valence-corrected chi connectivity index (χ1v) is 10.4. The van der Waals surface area contributed by atoms with Crippen molar-refractivity contribution < 1.29 is 19.1 Å². The maximum Gasteiger partial charge on any atom is 0.267 e. The van der Waals surface area contributed by atoms with E-state index in [-0.39, 0.29) is 11.8 Å². The van der Waals surface area contributed by atoms with Gasteiger partial charge in [0.15, 0.2) is 6.10 Å². The highest BCUT2D eigenvalue weighted by Crippen LogP contribution is 2.36. The van der Waals surface area contributed by atoms with Gasteiger partial charge in [-0.1, -0.05) is 30.3 Å². The van der Waals surface area contributed by atoms with Gasteiger partial charge in [0.1, 0.15) is 5.75 Å². The van der Waals surface area contributed by atoms with Gasteiger partial charge in [0.05, 0.1) is 25.3 Å². The van der Waals surface area contributed by atoms with Crippen molar-refractivity contribution in [2.75, 3.05) is 49.6 Å². The number of anilines is 2. The second-order valence-electron chi connectivity index (χ2n) is 7.60. The molecule has 1 unspecified atom stereocenters. The van der Waals surface area contributed by atoms with E-state index < -0.39 is 6.10 Å². The highest BCUT2D eigenvalue weighted by atomic mass is 16.5. The molecule has 30 heavy (non-hydrogen) atoms. The van der Waals surface area contributed by atoms with E-state index in [9.17, 15) is 9.59 Å². The van der Waals surface area contributed by atoms with Crippen LogP contribution in [-0.2, 0) is 20.7 Å². The molecule has 1 saturated heterocycles. The third-order valence-electron chi connectivity index (χ3n) is 5.40. The van der Waals surface area contributed by atoms with Gasteiger partial charge in [-0.25, -0.2) is 0 Å². The van der Waals surface area contributed by atoms with Gasteiger partial charge in [-0.05, 0) is 24.6 Å². The molecule has 0 spiro atoms. The van der Waals surface area contributed by atoms with Gasteiger partial charge in [0, 0.05) is 37.9 Å². The second-order valence-corrected chi connectivity index (χ2v) is 7.60. The summed E-state index contributed by atoms with van der Waals surface area (Å²) in [5, 5.41) is 2.92. The summed E-state index contributed by atoms with van der Waals surface area (Å²) in [5.41, 5.74) is 2.36. The Morgan fingerprint density at radius 1 is 1.10 bits per heavy atom. The molecule has 1 N–H and O–H groups in total. The number of fused-ring (bicyclic) bond motifs is 1. The average molecular weight is 409 g/mol. The molecule has 2 aliphatic heterocycles. The van der Waals surface area contributed by atoms with Crippen LogP contribution >= 0.6 is 0 Å². The number of hydrogen-bond donors (Lipinski definition) is 1. The lowest BCUT2D eigenvalue weighted by atomic mass is 10.1. The normalized spacial score (nSPS) is 19.2. The van der Waals surface area contributed by atoms with E-state index >= 15 is 0 Å². The van der Waals surface area contributed by atoms with Gasteiger partial charge in [-0.15, -0.1) is 0 Å². The standard InChI is InChI=1S/C23H27N3O4/c1-17-23(28)26(10-9-25-11-13-29-14-12-25)20-8-7-19(16-21(20)30-17)24-22(27)15-18-5-3-2-4-6-18/h2-8,16-17H,9-15H2,1H3,(H,24,27). The number of ether oxygens (including phenoxy) is 2. The SMILES string of the molecule is CC1Oc2cc(NC(=O)Cc3ccccc3)ccc2N(CCN2CCOCC2)C1=O. The highest BCUT2D eigenvalue weighted by Gasteiger charge is 2.32. The van der Waals surface area contributed by atoms with Crippen LogP contribution in [0.2, 0.25) is 0 Å². The van der Waals surface area contributed by atoms with Crippen LogP contribution in [0.25, 0.3) is 0 Å². The van der Waals surface area contributed by atoms with Crippen LogP contribution in [0.15, 0.2) is 48.5 Å². The number of benzene rings is 2. The number of morpholine rings is 1. The molecule has 0 aliphatic carbocycles. The van der Waals surface area contributed by atoms with Crippen molar-refractivity contribution in [3.63, 3.8) is 0 Å². The zero-order valence-corrected chi connectivity index (χ0v) is 17.2. The predicted octanol–water partition coefficient (Wildman–Crippen LogP) is 2.31. The molecular weight excluding hydrogens is 382 g/mol. The first-order chi connectivity index (χ1) is 14.6. The number of nitrogens with one attached hydrogen (secondary N) is 1. The number of rotatable bonds is 6. The minimum absolute atomic E-state index is 0.0448. The first kappa shape index (κ1) is 20.4. The molecule has 1 fully saturated rings. The van der Waals surface area contributed by atoms with Gasteiger partial charge in [-0.3, -0.25) is 14.5 Å². The molecule has 2 heterocycles. The predicted molar refractivity (Wildman–Crippen MR) is 115 cm³/mol. The Bertz CT molecular complexity index is 897. The fraction of sp³-hybridized carbons (Fsp3) is 0.391. The monoisotopic (exact) mass is 409 g/mol. The van der Waals surface area contributed by atoms with E-state index in [0.717, 1.165) is 44.1 Å². The van der Waals surface area contributed by atoms with Crippen molar-refractivity contribution in [1.82, 2.24) is 4.90 Å². The fourth-order valence-electron chi connectivity index (χ4n) is 3.77. The number of nitrogens with zero attached hydrogens (tertiary/aromatic N) is 2. The van der Waals surface area contributed by atoms with Crippen molar-refractivity contribution in [2.45, 2.75) is 19.4 Å². The highest BCUT2D eigenvalue weighted by molar-refractivity contribution is 6.00. The molecule has 2 amide bonds. The number of hydrogen-bond acceptors (Lipinski definition) is 5. The second kappa shape index (κ2) is 9.28. The van der Waals surface area contributed by atoms with E-state index in [1.54, 1.807) is 17.9 Å². The Hall–Kier alpha value is -2.90. The van der Waals surface area contributed by atoms with E-state index in [2.05, 4.69) is 10.2 Å². The molecule has 0 saturated carbocycles. The summed E-state index contributed by atoms with van der Waals surface area (Å²) < 4.78 is 11.2. The average Bonchev–Trinajstić information content (AvgIpc) is 2.75. The molecule has 0 radical (unpaired) electrons. The number of carbonyl (C=O) groups excluding carboxylic acids is 2. The molecule has 7 nitrogen and oxygen atoms in total. The summed E-state index contributed by atoms with van der Waals surface area (Å²) >= 11 is 0. The minimum atomic E-state index is -0.558. The molecule has 2 aromatic rings. The summed E-state index contributed by atoms with van der Waals surface area (Å²) in [6.45, 7) is 6.37.